The number of anilines is 1. The normalized spacial score (nSPS) is 9.92. The Morgan fingerprint density at radius 1 is 1.33 bits per heavy atom. The maximum atomic E-state index is 5.27. The quantitative estimate of drug-likeness (QED) is 0.584. The summed E-state index contributed by atoms with van der Waals surface area (Å²) in [5.41, 5.74) is 1.14. The topological polar surface area (TPSA) is 12.5 Å². The molecule has 0 N–H and O–H groups in total. The summed E-state index contributed by atoms with van der Waals surface area (Å²) in [7, 11) is 6.82. The van der Waals surface area contributed by atoms with Crippen molar-refractivity contribution in [3.8, 4) is 5.75 Å². The number of methoxy groups -OCH3 is 1. The highest BCUT2D eigenvalue weighted by Crippen LogP contribution is 2.24. The van der Waals surface area contributed by atoms with Gasteiger partial charge in [0.25, 0.3) is 0 Å². The van der Waals surface area contributed by atoms with Gasteiger partial charge in [0.1, 0.15) is 5.75 Å². The molecule has 66 valence electrons. The monoisotopic (exact) mass is 181 g/mol. The van der Waals surface area contributed by atoms with E-state index >= 15 is 0 Å². The van der Waals surface area contributed by atoms with E-state index in [0.717, 1.165) is 21.7 Å². The van der Waals surface area contributed by atoms with Crippen molar-refractivity contribution in [1.82, 2.24) is 0 Å². The van der Waals surface area contributed by atoms with Gasteiger partial charge in [0.15, 0.2) is 0 Å². The van der Waals surface area contributed by atoms with Gasteiger partial charge in [-0.3, -0.25) is 0 Å². The molecule has 0 fully saturated rings. The summed E-state index contributed by atoms with van der Waals surface area (Å²) >= 11 is 0. The maximum Gasteiger partial charge on any atom is 0.141 e. The van der Waals surface area contributed by atoms with Crippen molar-refractivity contribution in [3.63, 3.8) is 0 Å². The van der Waals surface area contributed by atoms with Gasteiger partial charge in [0, 0.05) is 24.3 Å². The molecule has 0 aromatic heterocycles. The molecule has 0 spiro atoms. The van der Waals surface area contributed by atoms with Crippen LogP contribution < -0.4 is 14.8 Å². The molecule has 0 aliphatic heterocycles. The molecule has 0 saturated heterocycles. The molecule has 3 heteroatoms. The molecule has 0 amide bonds. The predicted octanol–water partition coefficient (Wildman–Crippen LogP) is -0.248. The molecule has 1 aromatic rings. The average molecular weight is 181 g/mol. The highest BCUT2D eigenvalue weighted by molar-refractivity contribution is 6.32. The van der Waals surface area contributed by atoms with Crippen LogP contribution in [0.3, 0.4) is 0 Å². The molecule has 0 unspecified atom stereocenters. The number of nitrogens with zero attached hydrogens (tertiary/aromatic N) is 1. The Hall–Kier alpha value is -0.963. The van der Waals surface area contributed by atoms with Crippen LogP contribution in [0.15, 0.2) is 18.2 Å². The smallest absolute Gasteiger partial charge is 0.141 e. The van der Waals surface area contributed by atoms with Crippen molar-refractivity contribution < 1.29 is 4.74 Å². The second kappa shape index (κ2) is 3.63. The van der Waals surface area contributed by atoms with Gasteiger partial charge in [-0.05, 0) is 12.1 Å². The third kappa shape index (κ3) is 1.79. The van der Waals surface area contributed by atoms with E-state index in [0.29, 0.717) is 0 Å². The van der Waals surface area contributed by atoms with E-state index in [2.05, 4.69) is 23.1 Å². The van der Waals surface area contributed by atoms with E-state index in [1.54, 1.807) is 7.11 Å². The van der Waals surface area contributed by atoms with Crippen LogP contribution in [0.25, 0.3) is 0 Å². The first kappa shape index (κ1) is 9.13. The minimum Gasteiger partial charge on any atom is -0.495 e. The molecule has 0 aliphatic rings. The lowest BCUT2D eigenvalue weighted by molar-refractivity contribution is 0.416. The van der Waals surface area contributed by atoms with Crippen molar-refractivity contribution in [1.29, 1.82) is 0 Å². The summed E-state index contributed by atoms with van der Waals surface area (Å²) in [4.78, 5) is 2.06. The lowest BCUT2D eigenvalue weighted by Gasteiger charge is -2.16. The third-order valence-electron chi connectivity index (χ3n) is 1.82. The van der Waals surface area contributed by atoms with Gasteiger partial charge in [-0.15, -0.1) is 0 Å². The number of rotatable bonds is 2. The highest BCUT2D eigenvalue weighted by atomic mass is 28.1. The molecule has 0 bridgehead atoms. The van der Waals surface area contributed by atoms with Crippen molar-refractivity contribution in [2.75, 3.05) is 26.1 Å². The fraction of sp³-hybridized carbons (Fsp3) is 0.333. The van der Waals surface area contributed by atoms with Crippen LogP contribution in [0.5, 0.6) is 5.75 Å². The minimum absolute atomic E-state index is 0.965. The SMILES string of the molecule is COc1cc([SiH3])ccc1N(C)C. The Balaban J connectivity index is 3.11. The lowest BCUT2D eigenvalue weighted by atomic mass is 10.3. The van der Waals surface area contributed by atoms with Gasteiger partial charge in [-0.1, -0.05) is 11.3 Å². The summed E-state index contributed by atoms with van der Waals surface area (Å²) < 4.78 is 5.27. The second-order valence-electron chi connectivity index (χ2n) is 3.07. The summed E-state index contributed by atoms with van der Waals surface area (Å²) in [6.07, 6.45) is 0. The zero-order valence-corrected chi connectivity index (χ0v) is 10.1. The summed E-state index contributed by atoms with van der Waals surface area (Å²) in [6, 6.07) is 6.34. The number of ether oxygens (including phenoxy) is 1. The van der Waals surface area contributed by atoms with Gasteiger partial charge in [-0.25, -0.2) is 0 Å². The largest absolute Gasteiger partial charge is 0.495 e. The van der Waals surface area contributed by atoms with Crippen LogP contribution in [-0.4, -0.2) is 31.4 Å². The molecule has 12 heavy (non-hydrogen) atoms. The molecule has 0 saturated carbocycles. The second-order valence-corrected chi connectivity index (χ2v) is 4.22. The van der Waals surface area contributed by atoms with Crippen molar-refractivity contribution in [3.05, 3.63) is 18.2 Å². The first-order chi connectivity index (χ1) is 5.65. The van der Waals surface area contributed by atoms with Crippen molar-refractivity contribution >= 4 is 21.1 Å². The molecule has 1 rings (SSSR count). The Labute approximate surface area is 76.6 Å². The van der Waals surface area contributed by atoms with Crippen LogP contribution in [0, 0.1) is 0 Å². The average Bonchev–Trinajstić information content (AvgIpc) is 2.03. The zero-order chi connectivity index (χ0) is 9.14. The van der Waals surface area contributed by atoms with Gasteiger partial charge in [0.05, 0.1) is 12.8 Å². The molecule has 0 atom stereocenters. The van der Waals surface area contributed by atoms with Crippen molar-refractivity contribution in [2.45, 2.75) is 0 Å². The lowest BCUT2D eigenvalue weighted by Crippen LogP contribution is -2.12. The molecule has 0 aliphatic carbocycles. The van der Waals surface area contributed by atoms with E-state index in [1.165, 1.54) is 5.19 Å². The van der Waals surface area contributed by atoms with Crippen LogP contribution in [-0.2, 0) is 0 Å². The van der Waals surface area contributed by atoms with Crippen LogP contribution >= 0.6 is 0 Å². The Bertz CT molecular complexity index is 273. The van der Waals surface area contributed by atoms with Gasteiger partial charge in [-0.2, -0.15) is 0 Å². The molecule has 0 radical (unpaired) electrons. The molecule has 2 nitrogen and oxygen atoms in total. The number of benzene rings is 1. The summed E-state index contributed by atoms with van der Waals surface area (Å²) in [5, 5.41) is 1.36. The maximum absolute atomic E-state index is 5.27. The number of hydrogen-bond donors (Lipinski definition) is 0. The summed E-state index contributed by atoms with van der Waals surface area (Å²) in [6.45, 7) is 0. The standard InChI is InChI=1S/C9H15NOSi/c1-10(2)8-5-4-7(12)6-9(8)11-3/h4-6H,1-3,12H3. The Kier molecular flexibility index (Phi) is 2.76. The van der Waals surface area contributed by atoms with E-state index in [-0.39, 0.29) is 0 Å². The minimum atomic E-state index is 0.965. The van der Waals surface area contributed by atoms with E-state index in [4.69, 9.17) is 4.74 Å². The first-order valence-corrected chi connectivity index (χ1v) is 4.97. The summed E-state index contributed by atoms with van der Waals surface area (Å²) in [5.74, 6) is 0.965. The van der Waals surface area contributed by atoms with Crippen LogP contribution in [0.2, 0.25) is 0 Å². The zero-order valence-electron chi connectivity index (χ0n) is 8.09. The van der Waals surface area contributed by atoms with E-state index in [9.17, 15) is 0 Å². The molecule has 0 heterocycles. The van der Waals surface area contributed by atoms with Gasteiger partial charge in [0.2, 0.25) is 0 Å². The van der Waals surface area contributed by atoms with Gasteiger partial charge >= 0.3 is 0 Å². The van der Waals surface area contributed by atoms with Crippen LogP contribution in [0.1, 0.15) is 0 Å². The molecular weight excluding hydrogens is 166 g/mol. The van der Waals surface area contributed by atoms with Crippen LogP contribution in [0.4, 0.5) is 5.69 Å². The first-order valence-electron chi connectivity index (χ1n) is 3.97. The fourth-order valence-electron chi connectivity index (χ4n) is 1.15. The van der Waals surface area contributed by atoms with Gasteiger partial charge < -0.3 is 9.64 Å². The Morgan fingerprint density at radius 3 is 2.50 bits per heavy atom. The number of hydrogen-bond acceptors (Lipinski definition) is 2. The van der Waals surface area contributed by atoms with Crippen molar-refractivity contribution in [2.24, 2.45) is 0 Å². The predicted molar refractivity (Wildman–Crippen MR) is 56.9 cm³/mol. The van der Waals surface area contributed by atoms with E-state index in [1.807, 2.05) is 14.1 Å². The highest BCUT2D eigenvalue weighted by Gasteiger charge is 2.03. The Morgan fingerprint density at radius 2 is 2.00 bits per heavy atom. The third-order valence-corrected chi connectivity index (χ3v) is 2.44. The van der Waals surface area contributed by atoms with E-state index < -0.39 is 0 Å². The molecule has 1 aromatic carbocycles. The fourth-order valence-corrected chi connectivity index (χ4v) is 1.58. The molecular formula is C9H15NOSi.